The number of nitrogens with zero attached hydrogens (tertiary/aromatic N) is 2. The van der Waals surface area contributed by atoms with Gasteiger partial charge in [-0.2, -0.15) is 0 Å². The normalized spacial score (nSPS) is 17.0. The number of carbonyl (C=O) groups excluding carboxylic acids is 3. The Labute approximate surface area is 191 Å². The summed E-state index contributed by atoms with van der Waals surface area (Å²) >= 11 is 0. The Morgan fingerprint density at radius 3 is 2.68 bits per heavy atom. The average molecular weight is 463 g/mol. The van der Waals surface area contributed by atoms with Crippen LogP contribution in [0.1, 0.15) is 15.9 Å². The molecule has 0 aliphatic carbocycles. The van der Waals surface area contributed by atoms with Crippen molar-refractivity contribution >= 4 is 34.3 Å². The van der Waals surface area contributed by atoms with Crippen LogP contribution in [-0.2, 0) is 11.3 Å². The molecule has 1 aliphatic heterocycles. The third-order valence-corrected chi connectivity index (χ3v) is 5.30. The monoisotopic (exact) mass is 463 g/mol. The Hall–Kier alpha value is -5.05. The molecule has 1 atom stereocenters. The molecule has 0 unspecified atom stereocenters. The molecule has 5 N–H and O–H groups in total. The summed E-state index contributed by atoms with van der Waals surface area (Å²) in [6, 6.07) is 7.78. The third kappa shape index (κ3) is 3.82. The second kappa shape index (κ2) is 8.14. The molecule has 1 saturated heterocycles. The lowest BCUT2D eigenvalue weighted by Gasteiger charge is -2.20. The number of aromatic nitrogens is 1. The first kappa shape index (κ1) is 22.2. The Balaban J connectivity index is 1.77. The van der Waals surface area contributed by atoms with Gasteiger partial charge in [-0.25, -0.2) is 4.79 Å². The Kier molecular flexibility index (Phi) is 5.30. The van der Waals surface area contributed by atoms with Crippen molar-refractivity contribution < 1.29 is 29.2 Å². The molecule has 0 saturated carbocycles. The number of nitro benzene ring substituents is 1. The number of nitrogens with one attached hydrogen (secondary N) is 2. The van der Waals surface area contributed by atoms with Gasteiger partial charge in [0.1, 0.15) is 11.3 Å². The van der Waals surface area contributed by atoms with Gasteiger partial charge in [0, 0.05) is 28.6 Å². The van der Waals surface area contributed by atoms with Crippen LogP contribution in [0.15, 0.2) is 42.6 Å². The number of carbonyl (C=O) groups is 3. The summed E-state index contributed by atoms with van der Waals surface area (Å²) in [6.45, 7) is -0.262. The van der Waals surface area contributed by atoms with E-state index in [-0.39, 0.29) is 23.6 Å². The molecule has 1 aromatic heterocycles. The SMILES string of the molecule is COc1ccc2cn(C[C@@]3(C#Cc4ccc(C(N)=O)c([N+](=O)[O-])c4)NC(=O)NC3=O)c(O)c2c1. The minimum absolute atomic E-state index is 0.108. The largest absolute Gasteiger partial charge is 0.497 e. The van der Waals surface area contributed by atoms with Gasteiger partial charge in [-0.05, 0) is 30.3 Å². The van der Waals surface area contributed by atoms with Crippen LogP contribution in [0.4, 0.5) is 10.5 Å². The Morgan fingerprint density at radius 1 is 1.29 bits per heavy atom. The highest BCUT2D eigenvalue weighted by Crippen LogP contribution is 2.32. The Morgan fingerprint density at radius 2 is 2.06 bits per heavy atom. The highest BCUT2D eigenvalue weighted by Gasteiger charge is 2.46. The van der Waals surface area contributed by atoms with Crippen LogP contribution in [0.3, 0.4) is 0 Å². The van der Waals surface area contributed by atoms with E-state index in [9.17, 15) is 29.6 Å². The number of amides is 4. The predicted molar refractivity (Wildman–Crippen MR) is 118 cm³/mol. The number of hydrogen-bond donors (Lipinski definition) is 4. The van der Waals surface area contributed by atoms with Crippen molar-refractivity contribution in [2.24, 2.45) is 5.73 Å². The maximum Gasteiger partial charge on any atom is 0.323 e. The molecule has 0 bridgehead atoms. The zero-order valence-corrected chi connectivity index (χ0v) is 17.6. The van der Waals surface area contributed by atoms with Crippen LogP contribution in [0.25, 0.3) is 10.8 Å². The molecule has 4 rings (SSSR count). The van der Waals surface area contributed by atoms with Crippen LogP contribution in [0.5, 0.6) is 11.6 Å². The number of benzene rings is 2. The summed E-state index contributed by atoms with van der Waals surface area (Å²) in [4.78, 5) is 46.6. The van der Waals surface area contributed by atoms with E-state index in [1.54, 1.807) is 24.4 Å². The quantitative estimate of drug-likeness (QED) is 0.188. The van der Waals surface area contributed by atoms with Crippen molar-refractivity contribution in [2.75, 3.05) is 7.11 Å². The van der Waals surface area contributed by atoms with E-state index in [1.807, 2.05) is 0 Å². The number of nitro groups is 1. The lowest BCUT2D eigenvalue weighted by molar-refractivity contribution is -0.385. The average Bonchev–Trinajstić information content (AvgIpc) is 3.26. The van der Waals surface area contributed by atoms with E-state index < -0.39 is 34.0 Å². The first-order chi connectivity index (χ1) is 16.1. The molecular formula is C22H17N5O7. The number of rotatable bonds is 5. The maximum atomic E-state index is 12.7. The van der Waals surface area contributed by atoms with E-state index >= 15 is 0 Å². The summed E-state index contributed by atoms with van der Waals surface area (Å²) in [5.74, 6) is 3.90. The first-order valence-electron chi connectivity index (χ1n) is 9.74. The first-order valence-corrected chi connectivity index (χ1v) is 9.74. The second-order valence-corrected chi connectivity index (χ2v) is 7.45. The molecule has 2 aromatic carbocycles. The zero-order chi connectivity index (χ0) is 24.6. The zero-order valence-electron chi connectivity index (χ0n) is 17.6. The van der Waals surface area contributed by atoms with E-state index in [1.165, 1.54) is 17.7 Å². The summed E-state index contributed by atoms with van der Waals surface area (Å²) in [5.41, 5.74) is 2.65. The smallest absolute Gasteiger partial charge is 0.323 e. The molecule has 34 heavy (non-hydrogen) atoms. The maximum absolute atomic E-state index is 12.7. The fourth-order valence-electron chi connectivity index (χ4n) is 3.61. The topological polar surface area (TPSA) is 179 Å². The van der Waals surface area contributed by atoms with Gasteiger partial charge in [0.25, 0.3) is 17.5 Å². The molecule has 0 radical (unpaired) electrons. The van der Waals surface area contributed by atoms with E-state index in [4.69, 9.17) is 10.5 Å². The van der Waals surface area contributed by atoms with Crippen LogP contribution in [-0.4, -0.2) is 45.1 Å². The van der Waals surface area contributed by atoms with Crippen molar-refractivity contribution in [1.82, 2.24) is 15.2 Å². The fraction of sp³-hybridized carbons (Fsp3) is 0.136. The van der Waals surface area contributed by atoms with Gasteiger partial charge in [0.2, 0.25) is 5.54 Å². The van der Waals surface area contributed by atoms with E-state index in [0.29, 0.717) is 16.5 Å². The van der Waals surface area contributed by atoms with E-state index in [2.05, 4.69) is 22.5 Å². The van der Waals surface area contributed by atoms with Gasteiger partial charge in [0.05, 0.1) is 18.6 Å². The van der Waals surface area contributed by atoms with Crippen LogP contribution in [0, 0.1) is 22.0 Å². The molecule has 3 aromatic rings. The molecule has 12 heteroatoms. The van der Waals surface area contributed by atoms with Gasteiger partial charge >= 0.3 is 6.03 Å². The van der Waals surface area contributed by atoms with Crippen LogP contribution < -0.4 is 21.1 Å². The van der Waals surface area contributed by atoms with Crippen LogP contribution >= 0.6 is 0 Å². The fourth-order valence-corrected chi connectivity index (χ4v) is 3.61. The summed E-state index contributed by atoms with van der Waals surface area (Å²) in [5, 5.41) is 27.7. The van der Waals surface area contributed by atoms with Crippen molar-refractivity contribution in [3.8, 4) is 23.5 Å². The van der Waals surface area contributed by atoms with Crippen LogP contribution in [0.2, 0.25) is 0 Å². The summed E-state index contributed by atoms with van der Waals surface area (Å²) in [7, 11) is 1.48. The van der Waals surface area contributed by atoms with Gasteiger partial charge in [-0.1, -0.05) is 11.8 Å². The molecule has 2 heterocycles. The molecule has 12 nitrogen and oxygen atoms in total. The minimum Gasteiger partial charge on any atom is -0.497 e. The van der Waals surface area contributed by atoms with Gasteiger partial charge in [0.15, 0.2) is 5.88 Å². The van der Waals surface area contributed by atoms with Gasteiger partial charge in [-0.15, -0.1) is 0 Å². The number of hydrogen-bond acceptors (Lipinski definition) is 7. The number of methoxy groups -OCH3 is 1. The molecule has 1 aliphatic rings. The predicted octanol–water partition coefficient (Wildman–Crippen LogP) is 0.993. The number of nitrogens with two attached hydrogens (primary N) is 1. The highest BCUT2D eigenvalue weighted by atomic mass is 16.6. The Bertz CT molecular complexity index is 1450. The molecule has 4 amide bonds. The number of aromatic hydroxyl groups is 1. The molecule has 1 fully saturated rings. The molecular weight excluding hydrogens is 446 g/mol. The third-order valence-electron chi connectivity index (χ3n) is 5.30. The number of urea groups is 1. The van der Waals surface area contributed by atoms with Crippen molar-refractivity contribution in [2.45, 2.75) is 12.1 Å². The van der Waals surface area contributed by atoms with Crippen molar-refractivity contribution in [1.29, 1.82) is 0 Å². The van der Waals surface area contributed by atoms with Gasteiger partial charge in [-0.3, -0.25) is 25.0 Å². The standard InChI is InChI=1S/C22H17N5O7/c1-34-14-4-3-13-10-26(19(29)16(13)9-14)11-22(20(30)24-21(31)25-22)7-6-12-2-5-15(18(23)28)17(8-12)27(32)33/h2-5,8-10,29H,11H2,1H3,(H2,23,28)(H2,24,25,30,31)/t22-/m1/s1. The number of fused-ring (bicyclic) bond motifs is 1. The number of primary amides is 1. The minimum atomic E-state index is -1.79. The molecule has 0 spiro atoms. The summed E-state index contributed by atoms with van der Waals surface area (Å²) < 4.78 is 6.52. The number of ether oxygens (including phenoxy) is 1. The highest BCUT2D eigenvalue weighted by molar-refractivity contribution is 6.09. The number of imide groups is 1. The van der Waals surface area contributed by atoms with Crippen molar-refractivity contribution in [3.05, 3.63) is 63.8 Å². The van der Waals surface area contributed by atoms with Crippen molar-refractivity contribution in [3.63, 3.8) is 0 Å². The summed E-state index contributed by atoms with van der Waals surface area (Å²) in [6.07, 6.45) is 1.58. The molecule has 172 valence electrons. The second-order valence-electron chi connectivity index (χ2n) is 7.45. The lowest BCUT2D eigenvalue weighted by Crippen LogP contribution is -2.49. The van der Waals surface area contributed by atoms with E-state index in [0.717, 1.165) is 12.1 Å². The lowest BCUT2D eigenvalue weighted by atomic mass is 9.99. The van der Waals surface area contributed by atoms with Gasteiger partial charge < -0.3 is 25.5 Å².